The Kier molecular flexibility index (Phi) is 5.79. The smallest absolute Gasteiger partial charge is 0.222 e. The van der Waals surface area contributed by atoms with Crippen LogP contribution in [0, 0.1) is 12.8 Å². The maximum atomic E-state index is 6.20. The highest BCUT2D eigenvalue weighted by Gasteiger charge is 2.24. The van der Waals surface area contributed by atoms with Gasteiger partial charge in [-0.1, -0.05) is 26.7 Å². The van der Waals surface area contributed by atoms with Gasteiger partial charge < -0.3 is 10.2 Å². The van der Waals surface area contributed by atoms with Gasteiger partial charge in [0, 0.05) is 6.42 Å². The first-order chi connectivity index (χ1) is 10.2. The second kappa shape index (κ2) is 7.59. The van der Waals surface area contributed by atoms with Crippen LogP contribution in [0.15, 0.2) is 0 Å². The molecule has 0 aromatic carbocycles. The highest BCUT2D eigenvalue weighted by molar-refractivity contribution is 5.47. The molecule has 0 bridgehead atoms. The Bertz CT molecular complexity index is 464. The number of rotatable bonds is 6. The average Bonchev–Trinajstić information content (AvgIpc) is 2.50. The van der Waals surface area contributed by atoms with Crippen molar-refractivity contribution in [1.29, 1.82) is 0 Å². The van der Waals surface area contributed by atoms with E-state index in [0.717, 1.165) is 43.0 Å². The standard InChI is InChI=1S/C16H28N4O/c1-4-7-14-18-15(20-17)11(3)16(19-14)21-13-9-6-8-12(5-2)10-13/h12-13H,4-10,17H2,1-3H3,(H,18,19,20). The zero-order valence-corrected chi connectivity index (χ0v) is 13.5. The lowest BCUT2D eigenvalue weighted by Gasteiger charge is -2.29. The van der Waals surface area contributed by atoms with Crippen LogP contribution in [0.2, 0.25) is 0 Å². The summed E-state index contributed by atoms with van der Waals surface area (Å²) in [6.07, 6.45) is 8.19. The van der Waals surface area contributed by atoms with Crippen LogP contribution in [0.4, 0.5) is 5.82 Å². The van der Waals surface area contributed by atoms with Gasteiger partial charge in [0.15, 0.2) is 0 Å². The molecule has 2 atom stereocenters. The molecule has 118 valence electrons. The fraction of sp³-hybridized carbons (Fsp3) is 0.750. The second-order valence-corrected chi connectivity index (χ2v) is 5.99. The van der Waals surface area contributed by atoms with Crippen molar-refractivity contribution in [3.8, 4) is 5.88 Å². The van der Waals surface area contributed by atoms with E-state index in [9.17, 15) is 0 Å². The Morgan fingerprint density at radius 1 is 1.29 bits per heavy atom. The van der Waals surface area contributed by atoms with Crippen LogP contribution in [0.5, 0.6) is 5.88 Å². The van der Waals surface area contributed by atoms with Gasteiger partial charge in [-0.15, -0.1) is 0 Å². The maximum Gasteiger partial charge on any atom is 0.222 e. The van der Waals surface area contributed by atoms with E-state index in [1.807, 2.05) is 6.92 Å². The molecule has 1 aliphatic carbocycles. The van der Waals surface area contributed by atoms with E-state index in [4.69, 9.17) is 10.6 Å². The fourth-order valence-electron chi connectivity index (χ4n) is 3.01. The van der Waals surface area contributed by atoms with Crippen molar-refractivity contribution in [3.05, 3.63) is 11.4 Å². The summed E-state index contributed by atoms with van der Waals surface area (Å²) in [7, 11) is 0. The molecule has 2 rings (SSSR count). The lowest BCUT2D eigenvalue weighted by Crippen LogP contribution is -2.26. The number of nitrogen functional groups attached to an aromatic ring is 1. The van der Waals surface area contributed by atoms with E-state index in [0.29, 0.717) is 11.7 Å². The summed E-state index contributed by atoms with van der Waals surface area (Å²) in [5.74, 6) is 8.52. The Morgan fingerprint density at radius 3 is 2.76 bits per heavy atom. The predicted molar refractivity (Wildman–Crippen MR) is 85.2 cm³/mol. The molecular formula is C16H28N4O. The van der Waals surface area contributed by atoms with Gasteiger partial charge in [0.05, 0.1) is 5.56 Å². The molecule has 1 aliphatic rings. The molecule has 0 aliphatic heterocycles. The third-order valence-electron chi connectivity index (χ3n) is 4.35. The van der Waals surface area contributed by atoms with Gasteiger partial charge in [-0.2, -0.15) is 4.98 Å². The lowest BCUT2D eigenvalue weighted by molar-refractivity contribution is 0.116. The summed E-state index contributed by atoms with van der Waals surface area (Å²) < 4.78 is 6.20. The molecule has 21 heavy (non-hydrogen) atoms. The molecule has 1 aromatic heterocycles. The number of ether oxygens (including phenoxy) is 1. The molecule has 5 nitrogen and oxygen atoms in total. The van der Waals surface area contributed by atoms with Crippen molar-refractivity contribution in [2.75, 3.05) is 5.43 Å². The van der Waals surface area contributed by atoms with Crippen LogP contribution in [0.25, 0.3) is 0 Å². The number of anilines is 1. The molecule has 5 heteroatoms. The second-order valence-electron chi connectivity index (χ2n) is 5.99. The van der Waals surface area contributed by atoms with Crippen molar-refractivity contribution in [1.82, 2.24) is 9.97 Å². The monoisotopic (exact) mass is 292 g/mol. The van der Waals surface area contributed by atoms with Crippen LogP contribution < -0.4 is 16.0 Å². The first kappa shape index (κ1) is 16.0. The molecule has 1 heterocycles. The highest BCUT2D eigenvalue weighted by Crippen LogP contribution is 2.31. The SMILES string of the molecule is CCCc1nc(NN)c(C)c(OC2CCCC(CC)C2)n1. The van der Waals surface area contributed by atoms with E-state index >= 15 is 0 Å². The molecule has 3 N–H and O–H groups in total. The number of nitrogens with two attached hydrogens (primary N) is 1. The lowest BCUT2D eigenvalue weighted by atomic mass is 9.85. The van der Waals surface area contributed by atoms with E-state index in [-0.39, 0.29) is 6.10 Å². The van der Waals surface area contributed by atoms with Crippen LogP contribution in [0.1, 0.15) is 63.8 Å². The fourth-order valence-corrected chi connectivity index (χ4v) is 3.01. The Morgan fingerprint density at radius 2 is 2.10 bits per heavy atom. The summed E-state index contributed by atoms with van der Waals surface area (Å²) in [5.41, 5.74) is 3.56. The number of hydrazine groups is 1. The number of hydrogen-bond donors (Lipinski definition) is 2. The highest BCUT2D eigenvalue weighted by atomic mass is 16.5. The Balaban J connectivity index is 2.15. The van der Waals surface area contributed by atoms with Gasteiger partial charge in [-0.25, -0.2) is 10.8 Å². The normalized spacial score (nSPS) is 22.1. The quantitative estimate of drug-likeness (QED) is 0.621. The minimum atomic E-state index is 0.275. The first-order valence-electron chi connectivity index (χ1n) is 8.18. The van der Waals surface area contributed by atoms with Crippen LogP contribution in [0.3, 0.4) is 0 Å². The first-order valence-corrected chi connectivity index (χ1v) is 8.18. The third-order valence-corrected chi connectivity index (χ3v) is 4.35. The van der Waals surface area contributed by atoms with Gasteiger partial charge in [0.2, 0.25) is 5.88 Å². The number of aryl methyl sites for hydroxylation is 1. The van der Waals surface area contributed by atoms with Gasteiger partial charge in [-0.05, 0) is 38.5 Å². The summed E-state index contributed by atoms with van der Waals surface area (Å²) in [6.45, 7) is 6.34. The molecule has 1 saturated carbocycles. The summed E-state index contributed by atoms with van der Waals surface area (Å²) in [4.78, 5) is 9.02. The molecule has 2 unspecified atom stereocenters. The van der Waals surface area contributed by atoms with Gasteiger partial charge in [0.25, 0.3) is 0 Å². The molecule has 0 radical (unpaired) electrons. The Hall–Kier alpha value is -1.36. The van der Waals surface area contributed by atoms with Gasteiger partial charge >= 0.3 is 0 Å². The predicted octanol–water partition coefficient (Wildman–Crippen LogP) is 3.37. The minimum absolute atomic E-state index is 0.275. The zero-order chi connectivity index (χ0) is 15.2. The number of hydrogen-bond acceptors (Lipinski definition) is 5. The Labute approximate surface area is 127 Å². The topological polar surface area (TPSA) is 73.1 Å². The van der Waals surface area contributed by atoms with E-state index in [1.165, 1.54) is 19.3 Å². The van der Waals surface area contributed by atoms with E-state index in [1.54, 1.807) is 0 Å². The zero-order valence-electron chi connectivity index (χ0n) is 13.5. The molecule has 1 aromatic rings. The van der Waals surface area contributed by atoms with Crippen molar-refractivity contribution in [2.45, 2.75) is 71.8 Å². The van der Waals surface area contributed by atoms with Crippen molar-refractivity contribution < 1.29 is 4.74 Å². The number of nitrogens with one attached hydrogen (secondary N) is 1. The van der Waals surface area contributed by atoms with Gasteiger partial charge in [-0.3, -0.25) is 0 Å². The molecular weight excluding hydrogens is 264 g/mol. The molecule has 0 amide bonds. The third kappa shape index (κ3) is 4.06. The van der Waals surface area contributed by atoms with Crippen molar-refractivity contribution >= 4 is 5.82 Å². The van der Waals surface area contributed by atoms with Crippen LogP contribution in [-0.2, 0) is 6.42 Å². The number of aromatic nitrogens is 2. The largest absolute Gasteiger partial charge is 0.474 e. The summed E-state index contributed by atoms with van der Waals surface area (Å²) in [5, 5.41) is 0. The van der Waals surface area contributed by atoms with Gasteiger partial charge in [0.1, 0.15) is 17.7 Å². The average molecular weight is 292 g/mol. The molecule has 1 fully saturated rings. The van der Waals surface area contributed by atoms with E-state index in [2.05, 4.69) is 29.2 Å². The molecule has 0 spiro atoms. The van der Waals surface area contributed by atoms with Crippen molar-refractivity contribution in [3.63, 3.8) is 0 Å². The minimum Gasteiger partial charge on any atom is -0.474 e. The molecule has 0 saturated heterocycles. The van der Waals surface area contributed by atoms with Crippen LogP contribution in [-0.4, -0.2) is 16.1 Å². The van der Waals surface area contributed by atoms with Crippen LogP contribution >= 0.6 is 0 Å². The maximum absolute atomic E-state index is 6.20. The summed E-state index contributed by atoms with van der Waals surface area (Å²) in [6, 6.07) is 0. The summed E-state index contributed by atoms with van der Waals surface area (Å²) >= 11 is 0. The number of nitrogens with zero attached hydrogens (tertiary/aromatic N) is 2. The van der Waals surface area contributed by atoms with E-state index < -0.39 is 0 Å². The van der Waals surface area contributed by atoms with Crippen molar-refractivity contribution in [2.24, 2.45) is 11.8 Å².